The van der Waals surface area contributed by atoms with Crippen molar-refractivity contribution in [3.63, 3.8) is 0 Å². The first kappa shape index (κ1) is 14.0. The van der Waals surface area contributed by atoms with Gasteiger partial charge in [0.25, 0.3) is 0 Å². The lowest BCUT2D eigenvalue weighted by atomic mass is 10.2. The molecule has 0 bridgehead atoms. The van der Waals surface area contributed by atoms with Crippen LogP contribution in [0.5, 0.6) is 0 Å². The third kappa shape index (κ3) is 4.02. The molecular formula is C11H19ClN4O. The topological polar surface area (TPSA) is 73.1 Å². The highest BCUT2D eigenvalue weighted by Crippen LogP contribution is 2.25. The van der Waals surface area contributed by atoms with Gasteiger partial charge in [-0.2, -0.15) is 0 Å². The molecule has 0 spiro atoms. The van der Waals surface area contributed by atoms with Crippen LogP contribution < -0.4 is 11.1 Å². The van der Waals surface area contributed by atoms with Gasteiger partial charge in [-0.1, -0.05) is 25.4 Å². The quantitative estimate of drug-likeness (QED) is 0.605. The number of methoxy groups -OCH3 is 1. The van der Waals surface area contributed by atoms with Gasteiger partial charge in [0.05, 0.1) is 0 Å². The molecule has 0 amide bonds. The minimum atomic E-state index is 0.215. The molecule has 1 heterocycles. The summed E-state index contributed by atoms with van der Waals surface area (Å²) in [5, 5.41) is 3.45. The molecule has 3 N–H and O–H groups in total. The largest absolute Gasteiger partial charge is 0.393 e. The lowest BCUT2D eigenvalue weighted by Gasteiger charge is -2.12. The van der Waals surface area contributed by atoms with Crippen LogP contribution in [0.25, 0.3) is 0 Å². The van der Waals surface area contributed by atoms with E-state index in [1.54, 1.807) is 7.11 Å². The molecule has 1 aromatic heterocycles. The molecule has 0 aliphatic rings. The van der Waals surface area contributed by atoms with Crippen molar-refractivity contribution in [2.45, 2.75) is 26.2 Å². The van der Waals surface area contributed by atoms with Gasteiger partial charge in [-0.15, -0.1) is 0 Å². The van der Waals surface area contributed by atoms with Crippen LogP contribution in [0.1, 0.15) is 32.0 Å². The summed E-state index contributed by atoms with van der Waals surface area (Å²) in [7, 11) is 1.67. The second-order valence-corrected chi connectivity index (χ2v) is 4.42. The highest BCUT2D eigenvalue weighted by molar-refractivity contribution is 6.32. The number of nitrogens with one attached hydrogen (secondary N) is 1. The summed E-state index contributed by atoms with van der Waals surface area (Å²) < 4.78 is 4.97. The van der Waals surface area contributed by atoms with Crippen molar-refractivity contribution in [3.05, 3.63) is 11.0 Å². The maximum atomic E-state index is 5.96. The minimum Gasteiger partial charge on any atom is -0.393 e. The van der Waals surface area contributed by atoms with Crippen molar-refractivity contribution in [2.24, 2.45) is 0 Å². The van der Waals surface area contributed by atoms with Crippen LogP contribution in [-0.4, -0.2) is 30.2 Å². The highest BCUT2D eigenvalue weighted by atomic mass is 35.5. The van der Waals surface area contributed by atoms with Crippen LogP contribution in [0.15, 0.2) is 0 Å². The molecule has 1 rings (SSSR count). The van der Waals surface area contributed by atoms with Gasteiger partial charge in [-0.05, 0) is 6.42 Å². The first-order valence-corrected chi connectivity index (χ1v) is 5.99. The first-order chi connectivity index (χ1) is 8.06. The Balaban J connectivity index is 2.75. The number of hydrogen-bond donors (Lipinski definition) is 2. The zero-order chi connectivity index (χ0) is 12.8. The summed E-state index contributed by atoms with van der Waals surface area (Å²) in [6.07, 6.45) is 0.884. The summed E-state index contributed by atoms with van der Waals surface area (Å²) in [4.78, 5) is 8.50. The van der Waals surface area contributed by atoms with Crippen LogP contribution in [0.3, 0.4) is 0 Å². The number of nitrogens with two attached hydrogens (primary N) is 1. The SMILES string of the molecule is COCCCNc1nc(C(C)C)nc(Cl)c1N. The van der Waals surface area contributed by atoms with Crippen molar-refractivity contribution in [3.8, 4) is 0 Å². The second-order valence-electron chi connectivity index (χ2n) is 4.06. The third-order valence-corrected chi connectivity index (χ3v) is 2.54. The molecule has 0 unspecified atom stereocenters. The second kappa shape index (κ2) is 6.61. The Morgan fingerprint density at radius 3 is 2.71 bits per heavy atom. The maximum Gasteiger partial charge on any atom is 0.157 e. The van der Waals surface area contributed by atoms with E-state index in [-0.39, 0.29) is 5.92 Å². The molecule has 6 heteroatoms. The number of hydrogen-bond acceptors (Lipinski definition) is 5. The maximum absolute atomic E-state index is 5.96. The number of anilines is 2. The molecule has 96 valence electrons. The van der Waals surface area contributed by atoms with Crippen LogP contribution in [0, 0.1) is 0 Å². The predicted octanol–water partition coefficient (Wildman–Crippen LogP) is 2.28. The predicted molar refractivity (Wildman–Crippen MR) is 70.5 cm³/mol. The van der Waals surface area contributed by atoms with E-state index in [1.165, 1.54) is 0 Å². The molecule has 0 aromatic carbocycles. The van der Waals surface area contributed by atoms with E-state index in [1.807, 2.05) is 13.8 Å². The molecule has 0 aliphatic carbocycles. The number of aromatic nitrogens is 2. The molecule has 0 saturated heterocycles. The third-order valence-electron chi connectivity index (χ3n) is 2.25. The van der Waals surface area contributed by atoms with Gasteiger partial charge in [-0.25, -0.2) is 9.97 Å². The van der Waals surface area contributed by atoms with Crippen LogP contribution in [0.4, 0.5) is 11.5 Å². The number of nitrogen functional groups attached to an aromatic ring is 1. The van der Waals surface area contributed by atoms with E-state index in [9.17, 15) is 0 Å². The Morgan fingerprint density at radius 1 is 1.41 bits per heavy atom. The molecule has 0 atom stereocenters. The van der Waals surface area contributed by atoms with Crippen LogP contribution in [-0.2, 0) is 4.74 Å². The standard InChI is InChI=1S/C11H19ClN4O/c1-7(2)10-15-9(12)8(13)11(16-10)14-5-4-6-17-3/h7H,4-6,13H2,1-3H3,(H,14,15,16). The first-order valence-electron chi connectivity index (χ1n) is 5.62. The lowest BCUT2D eigenvalue weighted by Crippen LogP contribution is -2.11. The van der Waals surface area contributed by atoms with E-state index < -0.39 is 0 Å². The number of rotatable bonds is 6. The van der Waals surface area contributed by atoms with E-state index in [4.69, 9.17) is 22.1 Å². The Bertz CT molecular complexity index is 371. The van der Waals surface area contributed by atoms with Crippen molar-refractivity contribution in [1.82, 2.24) is 9.97 Å². The molecule has 17 heavy (non-hydrogen) atoms. The van der Waals surface area contributed by atoms with Crippen LogP contribution >= 0.6 is 11.6 Å². The molecule has 1 aromatic rings. The fourth-order valence-corrected chi connectivity index (χ4v) is 1.45. The van der Waals surface area contributed by atoms with Gasteiger partial charge in [0.15, 0.2) is 11.0 Å². The summed E-state index contributed by atoms with van der Waals surface area (Å²) in [6, 6.07) is 0. The van der Waals surface area contributed by atoms with Crippen LogP contribution in [0.2, 0.25) is 5.15 Å². The fraction of sp³-hybridized carbons (Fsp3) is 0.636. The van der Waals surface area contributed by atoms with E-state index >= 15 is 0 Å². The van der Waals surface area contributed by atoms with E-state index in [0.29, 0.717) is 29.1 Å². The number of nitrogens with zero attached hydrogens (tertiary/aromatic N) is 2. The average molecular weight is 259 g/mol. The van der Waals surface area contributed by atoms with Crippen molar-refractivity contribution >= 4 is 23.1 Å². The van der Waals surface area contributed by atoms with Crippen molar-refractivity contribution in [1.29, 1.82) is 0 Å². The fourth-order valence-electron chi connectivity index (χ4n) is 1.27. The summed E-state index contributed by atoms with van der Waals surface area (Å²) in [6.45, 7) is 5.46. The average Bonchev–Trinajstić information content (AvgIpc) is 2.29. The number of ether oxygens (including phenoxy) is 1. The Kier molecular flexibility index (Phi) is 5.44. The smallest absolute Gasteiger partial charge is 0.157 e. The normalized spacial score (nSPS) is 10.9. The minimum absolute atomic E-state index is 0.215. The van der Waals surface area contributed by atoms with Gasteiger partial charge in [-0.3, -0.25) is 0 Å². The lowest BCUT2D eigenvalue weighted by molar-refractivity contribution is 0.198. The van der Waals surface area contributed by atoms with Crippen molar-refractivity contribution in [2.75, 3.05) is 31.3 Å². The molecule has 5 nitrogen and oxygen atoms in total. The molecular weight excluding hydrogens is 240 g/mol. The Morgan fingerprint density at radius 2 is 2.12 bits per heavy atom. The Hall–Kier alpha value is -1.07. The molecule has 0 aliphatic heterocycles. The zero-order valence-electron chi connectivity index (χ0n) is 10.5. The van der Waals surface area contributed by atoms with Gasteiger partial charge in [0.2, 0.25) is 0 Å². The van der Waals surface area contributed by atoms with E-state index in [0.717, 1.165) is 13.0 Å². The van der Waals surface area contributed by atoms with Crippen molar-refractivity contribution < 1.29 is 4.74 Å². The van der Waals surface area contributed by atoms with Gasteiger partial charge < -0.3 is 15.8 Å². The van der Waals surface area contributed by atoms with Gasteiger partial charge in [0.1, 0.15) is 11.5 Å². The Labute approximate surface area is 107 Å². The summed E-state index contributed by atoms with van der Waals surface area (Å²) in [5.74, 6) is 1.51. The summed E-state index contributed by atoms with van der Waals surface area (Å²) in [5.41, 5.74) is 6.21. The molecule has 0 radical (unpaired) electrons. The molecule has 0 saturated carbocycles. The monoisotopic (exact) mass is 258 g/mol. The highest BCUT2D eigenvalue weighted by Gasteiger charge is 2.11. The van der Waals surface area contributed by atoms with Gasteiger partial charge in [0, 0.05) is 26.2 Å². The van der Waals surface area contributed by atoms with E-state index in [2.05, 4.69) is 15.3 Å². The zero-order valence-corrected chi connectivity index (χ0v) is 11.2. The molecule has 0 fully saturated rings. The summed E-state index contributed by atoms with van der Waals surface area (Å²) >= 11 is 5.96. The number of halogens is 1. The van der Waals surface area contributed by atoms with Gasteiger partial charge >= 0.3 is 0 Å².